The van der Waals surface area contributed by atoms with E-state index in [1.54, 1.807) is 25.1 Å². The van der Waals surface area contributed by atoms with Crippen LogP contribution in [0.4, 0.5) is 20.2 Å². The highest BCUT2D eigenvalue weighted by Crippen LogP contribution is 2.45. The molecular weight excluding hydrogens is 1160 g/mol. The Kier molecular flexibility index (Phi) is 25.4. The largest absolute Gasteiger partial charge is 0.513 e. The first-order chi connectivity index (χ1) is 40.8. The highest BCUT2D eigenvalue weighted by molar-refractivity contribution is 7.92. The topological polar surface area (TPSA) is 444 Å². The molecule has 460 valence electrons. The number of benzene rings is 2. The second kappa shape index (κ2) is 33.0. The van der Waals surface area contributed by atoms with E-state index in [2.05, 4.69) is 45.0 Å². The van der Waals surface area contributed by atoms with Crippen molar-refractivity contribution in [3.63, 3.8) is 0 Å². The number of aromatic nitrogens is 8. The smallest absolute Gasteiger partial charge is 0.493 e. The van der Waals surface area contributed by atoms with Gasteiger partial charge in [0.15, 0.2) is 40.6 Å². The Morgan fingerprint density at radius 3 is 1.99 bits per heavy atom. The summed E-state index contributed by atoms with van der Waals surface area (Å²) in [5.41, 5.74) is 0.974. The first-order valence-electron chi connectivity index (χ1n) is 24.6. The van der Waals surface area contributed by atoms with Crippen LogP contribution in [0.3, 0.4) is 0 Å². The minimum Gasteiger partial charge on any atom is -0.493 e. The number of tetrazole rings is 1. The van der Waals surface area contributed by atoms with E-state index in [4.69, 9.17) is 88.3 Å². The summed E-state index contributed by atoms with van der Waals surface area (Å²) in [5, 5.41) is 62.2. The minimum atomic E-state index is -5.06. The molecule has 0 aliphatic rings. The summed E-state index contributed by atoms with van der Waals surface area (Å²) in [5.74, 6) is -2.21. The van der Waals surface area contributed by atoms with E-state index in [0.717, 1.165) is 11.6 Å². The molecule has 2 aromatic carbocycles. The van der Waals surface area contributed by atoms with Gasteiger partial charge in [-0.15, -0.1) is 5.10 Å². The van der Waals surface area contributed by atoms with Crippen molar-refractivity contribution in [3.05, 3.63) is 96.3 Å². The maximum absolute atomic E-state index is 15.2. The van der Waals surface area contributed by atoms with E-state index in [1.807, 2.05) is 0 Å². The third-order valence-corrected chi connectivity index (χ3v) is 12.2. The quantitative estimate of drug-likeness (QED) is 0.00822. The zero-order chi connectivity index (χ0) is 61.3. The number of carbonyl (C=O) groups is 3. The van der Waals surface area contributed by atoms with Gasteiger partial charge in [-0.05, 0) is 84.8 Å². The number of carbonyl (C=O) groups excluding carboxylic acids is 3. The van der Waals surface area contributed by atoms with Crippen molar-refractivity contribution >= 4 is 34.3 Å². The average Bonchev–Trinajstić information content (AvgIpc) is 2.29. The molecule has 0 aliphatic heterocycles. The minimum absolute atomic E-state index is 0.00461. The predicted octanol–water partition coefficient (Wildman–Crippen LogP) is 4.23. The van der Waals surface area contributed by atoms with E-state index in [1.165, 1.54) is 81.0 Å². The standard InChI is InChI=1S/C47H56N12O25S/c1-30-12-13-39(49-28-30)85(69,70)56(32(3)82-46(61)76-21-17-73-19-25-79-58(65)66)43-40(84-38-11-6-5-10-37(38)71-4)44(74-22-23-77-47(62)83-35-9-7-8-33(26-35)29-80-59(67)68)51-41(50-43)34-14-15-48-36(27-34)42-52-53-54-55(42)31(2)81-45(60)75-20-16-72-18-24-78-57(63)64/h5-15,26-28,31-32,63-68H,16-25,29H2,1-4H3. The van der Waals surface area contributed by atoms with Crippen LogP contribution in [0.2, 0.25) is 0 Å². The molecule has 0 fully saturated rings. The Morgan fingerprint density at radius 1 is 0.682 bits per heavy atom. The van der Waals surface area contributed by atoms with Crippen molar-refractivity contribution in [3.8, 4) is 51.8 Å². The van der Waals surface area contributed by atoms with E-state index in [0.29, 0.717) is 15.4 Å². The van der Waals surface area contributed by atoms with Crippen molar-refractivity contribution in [2.24, 2.45) is 0 Å². The molecule has 0 radical (unpaired) electrons. The Hall–Kier alpha value is -8.71. The first-order valence-corrected chi connectivity index (χ1v) is 26.0. The summed E-state index contributed by atoms with van der Waals surface area (Å²) in [4.78, 5) is 70.3. The van der Waals surface area contributed by atoms with Gasteiger partial charge in [-0.2, -0.15) is 18.1 Å². The van der Waals surface area contributed by atoms with Crippen molar-refractivity contribution in [1.29, 1.82) is 0 Å². The first kappa shape index (κ1) is 65.4. The fourth-order valence-electron chi connectivity index (χ4n) is 6.78. The third-order valence-electron chi connectivity index (χ3n) is 10.4. The second-order valence-electron chi connectivity index (χ2n) is 16.4. The number of hydrogen-bond donors (Lipinski definition) is 6. The van der Waals surface area contributed by atoms with Crippen LogP contribution in [-0.4, -0.2) is 194 Å². The van der Waals surface area contributed by atoms with Gasteiger partial charge < -0.3 is 52.1 Å². The van der Waals surface area contributed by atoms with Gasteiger partial charge in [-0.3, -0.25) is 36.2 Å². The third kappa shape index (κ3) is 20.5. The SMILES string of the molecule is COc1ccccc1Oc1c(OCCOC(=O)Oc2cccc(CON(O)O)c2)nc(-c2ccnc(-c3nnnn3C(C)OC(=O)OCCOCCON(O)O)c2)nc1N(C(C)OC(=O)OCCOCCON(O)O)S(=O)(=O)c1ccc(C)cn1. The van der Waals surface area contributed by atoms with Crippen LogP contribution in [0.15, 0.2) is 90.2 Å². The number of rotatable bonds is 34. The zero-order valence-corrected chi connectivity index (χ0v) is 46.0. The van der Waals surface area contributed by atoms with E-state index in [9.17, 15) is 14.4 Å². The average molecular weight is 1220 g/mol. The maximum Gasteiger partial charge on any atom is 0.513 e. The zero-order valence-electron chi connectivity index (χ0n) is 45.2. The van der Waals surface area contributed by atoms with E-state index < -0.39 is 99.4 Å². The van der Waals surface area contributed by atoms with Crippen LogP contribution < -0.4 is 23.3 Å². The number of para-hydroxylation sites is 2. The molecule has 0 saturated heterocycles. The van der Waals surface area contributed by atoms with Crippen LogP contribution in [0.25, 0.3) is 22.9 Å². The molecule has 6 N–H and O–H groups in total. The normalized spacial score (nSPS) is 12.2. The summed E-state index contributed by atoms with van der Waals surface area (Å²) >= 11 is 0. The fourth-order valence-corrected chi connectivity index (χ4v) is 8.19. The second-order valence-corrected chi connectivity index (χ2v) is 18.1. The Bertz CT molecular complexity index is 3200. The van der Waals surface area contributed by atoms with Gasteiger partial charge in [0.1, 0.15) is 37.9 Å². The molecule has 6 rings (SSSR count). The van der Waals surface area contributed by atoms with Gasteiger partial charge in [0.2, 0.25) is 11.6 Å². The summed E-state index contributed by atoms with van der Waals surface area (Å²) in [7, 11) is -3.73. The molecule has 37 nitrogen and oxygen atoms in total. The molecule has 4 aromatic heterocycles. The number of ether oxygens (including phenoxy) is 11. The van der Waals surface area contributed by atoms with Gasteiger partial charge in [0.25, 0.3) is 15.9 Å². The molecule has 2 atom stereocenters. The van der Waals surface area contributed by atoms with E-state index >= 15 is 8.42 Å². The van der Waals surface area contributed by atoms with Crippen LogP contribution in [-0.2, 0) is 64.3 Å². The van der Waals surface area contributed by atoms with Crippen LogP contribution in [0.1, 0.15) is 31.2 Å². The number of sulfonamides is 1. The highest BCUT2D eigenvalue weighted by atomic mass is 32.2. The predicted molar refractivity (Wildman–Crippen MR) is 271 cm³/mol. The molecule has 38 heteroatoms. The summed E-state index contributed by atoms with van der Waals surface area (Å²) in [6.07, 6.45) is -4.41. The summed E-state index contributed by atoms with van der Waals surface area (Å²) in [6.45, 7) is 0.899. The van der Waals surface area contributed by atoms with Crippen LogP contribution in [0, 0.1) is 6.92 Å². The molecule has 6 aromatic rings. The van der Waals surface area contributed by atoms with Crippen molar-refractivity contribution < 1.29 is 121 Å². The number of hydrogen-bond acceptors (Lipinski definition) is 35. The van der Waals surface area contributed by atoms with Gasteiger partial charge in [-0.25, -0.2) is 43.2 Å². The summed E-state index contributed by atoms with van der Waals surface area (Å²) < 4.78 is 92.4. The van der Waals surface area contributed by atoms with Gasteiger partial charge in [-0.1, -0.05) is 30.3 Å². The lowest BCUT2D eigenvalue weighted by atomic mass is 10.2. The molecule has 0 aliphatic carbocycles. The Labute approximate surface area is 480 Å². The molecule has 0 spiro atoms. The lowest BCUT2D eigenvalue weighted by Crippen LogP contribution is -2.43. The lowest BCUT2D eigenvalue weighted by Gasteiger charge is -2.30. The van der Waals surface area contributed by atoms with E-state index in [-0.39, 0.29) is 93.0 Å². The maximum atomic E-state index is 15.2. The molecule has 85 heavy (non-hydrogen) atoms. The van der Waals surface area contributed by atoms with Crippen LogP contribution in [0.5, 0.6) is 28.9 Å². The lowest BCUT2D eigenvalue weighted by molar-refractivity contribution is -0.497. The van der Waals surface area contributed by atoms with Gasteiger partial charge in [0.05, 0.1) is 69.5 Å². The molecule has 4 heterocycles. The monoisotopic (exact) mass is 1220 g/mol. The Balaban J connectivity index is 1.40. The fraction of sp³-hybridized carbons (Fsp3) is 0.362. The molecule has 2 unspecified atom stereocenters. The number of anilines is 1. The molecular formula is C47H56N12O25S. The van der Waals surface area contributed by atoms with Crippen molar-refractivity contribution in [1.82, 2.24) is 56.3 Å². The number of aryl methyl sites for hydroxylation is 1. The summed E-state index contributed by atoms with van der Waals surface area (Å²) in [6, 6.07) is 17.3. The number of pyridine rings is 2. The van der Waals surface area contributed by atoms with Crippen molar-refractivity contribution in [2.45, 2.75) is 44.9 Å². The Morgan fingerprint density at radius 2 is 1.33 bits per heavy atom. The number of nitrogens with zero attached hydrogens (tertiary/aromatic N) is 12. The molecule has 0 amide bonds. The van der Waals surface area contributed by atoms with Crippen LogP contribution >= 0.6 is 0 Å². The number of methoxy groups -OCH3 is 1. The van der Waals surface area contributed by atoms with Gasteiger partial charge in [0, 0.05) is 18.0 Å². The molecule has 0 saturated carbocycles. The van der Waals surface area contributed by atoms with Gasteiger partial charge >= 0.3 is 18.5 Å². The van der Waals surface area contributed by atoms with Crippen molar-refractivity contribution in [2.75, 3.05) is 77.5 Å². The molecule has 0 bridgehead atoms. The highest BCUT2D eigenvalue weighted by Gasteiger charge is 2.39.